The number of carboxylic acid groups (broad SMARTS) is 1. The summed E-state index contributed by atoms with van der Waals surface area (Å²) in [6.45, 7) is 16.3. The van der Waals surface area contributed by atoms with Crippen LogP contribution in [-0.4, -0.2) is 34.9 Å². The summed E-state index contributed by atoms with van der Waals surface area (Å²) >= 11 is 0. The van der Waals surface area contributed by atoms with Gasteiger partial charge in [-0.2, -0.15) is 0 Å². The van der Waals surface area contributed by atoms with Crippen molar-refractivity contribution in [2.24, 2.45) is 62.6 Å². The highest BCUT2D eigenvalue weighted by molar-refractivity contribution is 5.76. The Morgan fingerprint density at radius 1 is 0.838 bits per heavy atom. The summed E-state index contributed by atoms with van der Waals surface area (Å²) in [5.74, 6) is 1.89. The molecule has 0 aliphatic heterocycles. The lowest BCUT2D eigenvalue weighted by Crippen LogP contribution is -2.67. The second-order valence-electron chi connectivity index (χ2n) is 15.6. The first-order chi connectivity index (χ1) is 17.2. The van der Waals surface area contributed by atoms with Crippen LogP contribution < -0.4 is 0 Å². The van der Waals surface area contributed by atoms with E-state index in [1.54, 1.807) is 0 Å². The average molecular weight is 517 g/mol. The average Bonchev–Trinajstić information content (AvgIpc) is 3.23. The van der Waals surface area contributed by atoms with E-state index in [-0.39, 0.29) is 27.8 Å². The lowest BCUT2D eigenvalue weighted by Gasteiger charge is -2.72. The van der Waals surface area contributed by atoms with Crippen molar-refractivity contribution >= 4 is 11.9 Å². The van der Waals surface area contributed by atoms with Crippen LogP contribution in [0.2, 0.25) is 0 Å². The summed E-state index contributed by atoms with van der Waals surface area (Å²) in [6.07, 6.45) is 10.3. The summed E-state index contributed by atoms with van der Waals surface area (Å²) < 4.78 is 5.79. The molecule has 0 unspecified atom stereocenters. The van der Waals surface area contributed by atoms with Crippen molar-refractivity contribution in [3.63, 3.8) is 0 Å². The molecule has 5 heteroatoms. The molecule has 5 saturated carbocycles. The molecule has 0 saturated heterocycles. The number of rotatable bonds is 4. The van der Waals surface area contributed by atoms with Gasteiger partial charge in [0.15, 0.2) is 0 Å². The minimum absolute atomic E-state index is 0.129. The van der Waals surface area contributed by atoms with Gasteiger partial charge in [-0.25, -0.2) is 4.79 Å². The van der Waals surface area contributed by atoms with E-state index in [0.717, 1.165) is 51.4 Å². The summed E-state index contributed by atoms with van der Waals surface area (Å²) in [6, 6.07) is 0. The van der Waals surface area contributed by atoms with Crippen LogP contribution in [0.4, 0.5) is 0 Å². The highest BCUT2D eigenvalue weighted by Gasteiger charge is 2.72. The number of fused-ring (bicyclic) bond motifs is 7. The van der Waals surface area contributed by atoms with Crippen LogP contribution in [0, 0.1) is 62.6 Å². The molecule has 0 aromatic carbocycles. The van der Waals surface area contributed by atoms with Gasteiger partial charge in [0.05, 0.1) is 5.41 Å². The van der Waals surface area contributed by atoms with Crippen LogP contribution in [0.25, 0.3) is 0 Å². The van der Waals surface area contributed by atoms with E-state index in [9.17, 15) is 19.8 Å². The first-order valence-corrected chi connectivity index (χ1v) is 15.2. The smallest absolute Gasteiger partial charge is 0.332 e. The van der Waals surface area contributed by atoms with Crippen LogP contribution in [-0.2, 0) is 14.3 Å². The molecule has 0 spiro atoms. The molecule has 5 aliphatic rings. The van der Waals surface area contributed by atoms with Crippen LogP contribution in [0.5, 0.6) is 0 Å². The van der Waals surface area contributed by atoms with E-state index in [4.69, 9.17) is 4.74 Å². The monoisotopic (exact) mass is 516 g/mol. The topological polar surface area (TPSA) is 83.8 Å². The molecule has 5 nitrogen and oxygen atoms in total. The standard InChI is InChI=1S/C32H52O5/c1-19(2)20-10-15-32(27(35)36)17-16-30(6)21(26(20)32)8-9-23-29(5)13-12-24(37-25(34)18-33)28(3,4)22(29)11-14-31(23,30)7/h19-24,26,33H,8-18H2,1-7H3,(H,35,36)/t20-,21+,22-,23+,24+,26+,29-,30+,31+,32-/m0/s1. The molecule has 0 amide bonds. The largest absolute Gasteiger partial charge is 0.481 e. The highest BCUT2D eigenvalue weighted by atomic mass is 16.6. The number of hydrogen-bond acceptors (Lipinski definition) is 4. The molecular formula is C32H52O5. The van der Waals surface area contributed by atoms with Crippen molar-refractivity contribution in [3.05, 3.63) is 0 Å². The molecule has 0 aromatic rings. The fraction of sp³-hybridized carbons (Fsp3) is 0.938. The van der Waals surface area contributed by atoms with Gasteiger partial charge in [-0.15, -0.1) is 0 Å². The zero-order valence-corrected chi connectivity index (χ0v) is 24.4. The van der Waals surface area contributed by atoms with Gasteiger partial charge in [0.2, 0.25) is 0 Å². The first kappa shape index (κ1) is 27.5. The van der Waals surface area contributed by atoms with E-state index >= 15 is 0 Å². The number of carbonyl (C=O) groups excluding carboxylic acids is 1. The molecule has 210 valence electrons. The Hall–Kier alpha value is -1.10. The Bertz CT molecular complexity index is 941. The number of hydrogen-bond donors (Lipinski definition) is 2. The fourth-order valence-corrected chi connectivity index (χ4v) is 12.1. The number of aliphatic hydroxyl groups excluding tert-OH is 1. The van der Waals surface area contributed by atoms with Gasteiger partial charge in [-0.1, -0.05) is 48.5 Å². The predicted molar refractivity (Wildman–Crippen MR) is 144 cm³/mol. The van der Waals surface area contributed by atoms with Crippen LogP contribution in [0.15, 0.2) is 0 Å². The van der Waals surface area contributed by atoms with Crippen LogP contribution >= 0.6 is 0 Å². The molecule has 0 radical (unpaired) electrons. The third-order valence-electron chi connectivity index (χ3n) is 14.1. The molecule has 37 heavy (non-hydrogen) atoms. The zero-order valence-electron chi connectivity index (χ0n) is 24.4. The number of aliphatic carboxylic acids is 1. The molecule has 10 atom stereocenters. The van der Waals surface area contributed by atoms with Gasteiger partial charge >= 0.3 is 11.9 Å². The van der Waals surface area contributed by atoms with Gasteiger partial charge < -0.3 is 14.9 Å². The third kappa shape index (κ3) is 3.50. The van der Waals surface area contributed by atoms with Crippen molar-refractivity contribution < 1.29 is 24.5 Å². The quantitative estimate of drug-likeness (QED) is 0.406. The minimum atomic E-state index is -0.550. The first-order valence-electron chi connectivity index (χ1n) is 15.2. The Morgan fingerprint density at radius 2 is 1.54 bits per heavy atom. The second-order valence-corrected chi connectivity index (χ2v) is 15.6. The minimum Gasteiger partial charge on any atom is -0.481 e. The van der Waals surface area contributed by atoms with Crippen molar-refractivity contribution in [3.8, 4) is 0 Å². The predicted octanol–water partition coefficient (Wildman–Crippen LogP) is 6.71. The van der Waals surface area contributed by atoms with Crippen molar-refractivity contribution in [2.75, 3.05) is 6.61 Å². The Balaban J connectivity index is 1.50. The van der Waals surface area contributed by atoms with Crippen LogP contribution in [0.1, 0.15) is 113 Å². The van der Waals surface area contributed by atoms with Crippen molar-refractivity contribution in [1.29, 1.82) is 0 Å². The number of esters is 1. The fourth-order valence-electron chi connectivity index (χ4n) is 12.1. The van der Waals surface area contributed by atoms with E-state index in [2.05, 4.69) is 48.5 Å². The van der Waals surface area contributed by atoms with Crippen molar-refractivity contribution in [1.82, 2.24) is 0 Å². The molecular weight excluding hydrogens is 464 g/mol. The molecule has 5 fully saturated rings. The van der Waals surface area contributed by atoms with Crippen LogP contribution in [0.3, 0.4) is 0 Å². The molecule has 0 bridgehead atoms. The Morgan fingerprint density at radius 3 is 2.16 bits per heavy atom. The van der Waals surface area contributed by atoms with Crippen molar-refractivity contribution in [2.45, 2.75) is 119 Å². The number of carboxylic acids is 1. The number of carbonyl (C=O) groups is 2. The maximum Gasteiger partial charge on any atom is 0.332 e. The normalized spacial score (nSPS) is 50.4. The lowest BCUT2D eigenvalue weighted by atomic mass is 9.32. The number of ether oxygens (including phenoxy) is 1. The third-order valence-corrected chi connectivity index (χ3v) is 14.1. The van der Waals surface area contributed by atoms with E-state index < -0.39 is 24.0 Å². The van der Waals surface area contributed by atoms with Gasteiger partial charge in [0.25, 0.3) is 0 Å². The summed E-state index contributed by atoms with van der Waals surface area (Å²) in [5, 5.41) is 19.9. The summed E-state index contributed by atoms with van der Waals surface area (Å²) in [7, 11) is 0. The zero-order chi connectivity index (χ0) is 27.2. The Labute approximate surface area is 224 Å². The molecule has 2 N–H and O–H groups in total. The van der Waals surface area contributed by atoms with E-state index in [0.29, 0.717) is 35.5 Å². The van der Waals surface area contributed by atoms with E-state index in [1.165, 1.54) is 12.8 Å². The maximum absolute atomic E-state index is 12.9. The highest BCUT2D eigenvalue weighted by Crippen LogP contribution is 2.77. The molecule has 5 aliphatic carbocycles. The second kappa shape index (κ2) is 8.70. The molecule has 0 aromatic heterocycles. The summed E-state index contributed by atoms with van der Waals surface area (Å²) in [4.78, 5) is 24.9. The van der Waals surface area contributed by atoms with Gasteiger partial charge in [-0.3, -0.25) is 4.79 Å². The molecule has 0 heterocycles. The lowest BCUT2D eigenvalue weighted by molar-refractivity contribution is -0.252. The van der Waals surface area contributed by atoms with E-state index in [1.807, 2.05) is 0 Å². The summed E-state index contributed by atoms with van der Waals surface area (Å²) in [5.41, 5.74) is -0.104. The SMILES string of the molecule is CC(C)[C@@H]1CC[C@]2(C(=O)O)CC[C@]3(C)[C@H](CC[C@@H]4[C@@]5(C)CC[C@@H](OC(=O)CO)C(C)(C)[C@@H]5CC[C@]43C)[C@@H]12. The Kier molecular flexibility index (Phi) is 6.46. The maximum atomic E-state index is 12.9. The van der Waals surface area contributed by atoms with Gasteiger partial charge in [0, 0.05) is 5.41 Å². The molecule has 5 rings (SSSR count). The van der Waals surface area contributed by atoms with Gasteiger partial charge in [-0.05, 0) is 116 Å². The van der Waals surface area contributed by atoms with Gasteiger partial charge in [0.1, 0.15) is 12.7 Å². The number of aliphatic hydroxyl groups is 1.